The zero-order valence-electron chi connectivity index (χ0n) is 16.9. The van der Waals surface area contributed by atoms with Crippen LogP contribution in [0.15, 0.2) is 59.7 Å². The zero-order chi connectivity index (χ0) is 21.3. The molecule has 8 nitrogen and oxygen atoms in total. The third-order valence-electron chi connectivity index (χ3n) is 4.74. The molecule has 2 heterocycles. The van der Waals surface area contributed by atoms with Crippen LogP contribution in [0.3, 0.4) is 0 Å². The largest absolute Gasteiger partial charge is 0.436 e. The quantitative estimate of drug-likeness (QED) is 0.552. The topological polar surface area (TPSA) is 90.5 Å². The molecule has 152 valence electrons. The van der Waals surface area contributed by atoms with Crippen LogP contribution in [0.1, 0.15) is 16.7 Å². The minimum Gasteiger partial charge on any atom is -0.436 e. The molecular formula is C22H21N5O3. The lowest BCUT2D eigenvalue weighted by Crippen LogP contribution is -2.28. The Morgan fingerprint density at radius 3 is 2.47 bits per heavy atom. The standard InChI is InChI=1S/C22H21N5O3/c1-14-7-9-17(10-8-14)30-21-20-25-27(22(29)26(20)12-11-23-21)13-18(28)24-19-15(2)5-4-6-16(19)3/h4-12H,13H2,1-3H3,(H,24,28). The average molecular weight is 403 g/mol. The second kappa shape index (κ2) is 7.82. The van der Waals surface area contributed by atoms with E-state index in [2.05, 4.69) is 15.4 Å². The lowest BCUT2D eigenvalue weighted by molar-refractivity contribution is -0.117. The molecule has 0 atom stereocenters. The van der Waals surface area contributed by atoms with E-state index in [9.17, 15) is 9.59 Å². The molecule has 1 N–H and O–H groups in total. The fourth-order valence-electron chi connectivity index (χ4n) is 3.15. The number of hydrogen-bond donors (Lipinski definition) is 1. The predicted molar refractivity (Wildman–Crippen MR) is 113 cm³/mol. The van der Waals surface area contributed by atoms with Gasteiger partial charge in [-0.2, -0.15) is 0 Å². The van der Waals surface area contributed by atoms with E-state index >= 15 is 0 Å². The summed E-state index contributed by atoms with van der Waals surface area (Å²) in [6.45, 7) is 5.59. The van der Waals surface area contributed by atoms with Gasteiger partial charge in [-0.1, -0.05) is 35.9 Å². The van der Waals surface area contributed by atoms with Crippen molar-refractivity contribution >= 4 is 17.2 Å². The van der Waals surface area contributed by atoms with Crippen molar-refractivity contribution in [2.45, 2.75) is 27.3 Å². The maximum Gasteiger partial charge on any atom is 0.351 e. The van der Waals surface area contributed by atoms with Gasteiger partial charge in [0.05, 0.1) is 0 Å². The predicted octanol–water partition coefficient (Wildman–Crippen LogP) is 3.25. The Kier molecular flexibility index (Phi) is 5.05. The van der Waals surface area contributed by atoms with Crippen molar-refractivity contribution in [3.05, 3.63) is 82.0 Å². The maximum absolute atomic E-state index is 12.7. The van der Waals surface area contributed by atoms with Crippen molar-refractivity contribution in [1.29, 1.82) is 0 Å². The number of nitrogens with zero attached hydrogens (tertiary/aromatic N) is 4. The number of para-hydroxylation sites is 1. The van der Waals surface area contributed by atoms with Gasteiger partial charge in [-0.05, 0) is 44.0 Å². The molecule has 0 spiro atoms. The Balaban J connectivity index is 1.61. The van der Waals surface area contributed by atoms with Crippen molar-refractivity contribution in [2.24, 2.45) is 0 Å². The highest BCUT2D eigenvalue weighted by atomic mass is 16.5. The molecule has 30 heavy (non-hydrogen) atoms. The van der Waals surface area contributed by atoms with E-state index in [1.807, 2.05) is 63.2 Å². The summed E-state index contributed by atoms with van der Waals surface area (Å²) >= 11 is 0. The zero-order valence-corrected chi connectivity index (χ0v) is 16.9. The Labute approximate surface area is 172 Å². The molecule has 8 heteroatoms. The summed E-state index contributed by atoms with van der Waals surface area (Å²) in [7, 11) is 0. The van der Waals surface area contributed by atoms with Crippen LogP contribution in [-0.4, -0.2) is 25.1 Å². The van der Waals surface area contributed by atoms with Gasteiger partial charge in [0.25, 0.3) is 5.88 Å². The van der Waals surface area contributed by atoms with Crippen LogP contribution in [-0.2, 0) is 11.3 Å². The van der Waals surface area contributed by atoms with Gasteiger partial charge >= 0.3 is 5.69 Å². The Bertz CT molecular complexity index is 1270. The van der Waals surface area contributed by atoms with E-state index in [-0.39, 0.29) is 24.0 Å². The van der Waals surface area contributed by atoms with Gasteiger partial charge < -0.3 is 10.1 Å². The number of nitrogens with one attached hydrogen (secondary N) is 1. The highest BCUT2D eigenvalue weighted by Crippen LogP contribution is 2.22. The van der Waals surface area contributed by atoms with E-state index in [0.29, 0.717) is 5.75 Å². The molecule has 2 aromatic heterocycles. The summed E-state index contributed by atoms with van der Waals surface area (Å²) in [6, 6.07) is 13.2. The number of carbonyl (C=O) groups excluding carboxylic acids is 1. The fraction of sp³-hybridized carbons (Fsp3) is 0.182. The monoisotopic (exact) mass is 403 g/mol. The highest BCUT2D eigenvalue weighted by molar-refractivity contribution is 5.92. The Morgan fingerprint density at radius 1 is 1.07 bits per heavy atom. The maximum atomic E-state index is 12.7. The number of aryl methyl sites for hydroxylation is 3. The summed E-state index contributed by atoms with van der Waals surface area (Å²) in [4.78, 5) is 29.4. The molecule has 0 radical (unpaired) electrons. The van der Waals surface area contributed by atoms with E-state index in [1.165, 1.54) is 16.8 Å². The third kappa shape index (κ3) is 3.80. The van der Waals surface area contributed by atoms with E-state index in [4.69, 9.17) is 4.74 Å². The van der Waals surface area contributed by atoms with Gasteiger partial charge in [0.1, 0.15) is 12.3 Å². The Morgan fingerprint density at radius 2 is 1.77 bits per heavy atom. The number of aromatic nitrogens is 4. The summed E-state index contributed by atoms with van der Waals surface area (Å²) < 4.78 is 8.21. The number of rotatable bonds is 5. The van der Waals surface area contributed by atoms with Crippen LogP contribution in [0.2, 0.25) is 0 Å². The summed E-state index contributed by atoms with van der Waals surface area (Å²) in [6.07, 6.45) is 2.95. The van der Waals surface area contributed by atoms with Crippen LogP contribution in [0, 0.1) is 20.8 Å². The molecular weight excluding hydrogens is 382 g/mol. The minimum atomic E-state index is -0.446. The second-order valence-corrected chi connectivity index (χ2v) is 7.10. The molecule has 0 aliphatic rings. The van der Waals surface area contributed by atoms with Crippen LogP contribution in [0.25, 0.3) is 5.65 Å². The normalized spacial score (nSPS) is 10.9. The Hall–Kier alpha value is -3.94. The first-order valence-corrected chi connectivity index (χ1v) is 9.47. The van der Waals surface area contributed by atoms with Crippen LogP contribution in [0.5, 0.6) is 11.6 Å². The first-order chi connectivity index (χ1) is 14.4. The van der Waals surface area contributed by atoms with E-state index < -0.39 is 5.69 Å². The van der Waals surface area contributed by atoms with E-state index in [0.717, 1.165) is 27.1 Å². The molecule has 1 amide bonds. The summed E-state index contributed by atoms with van der Waals surface area (Å²) in [5.41, 5.74) is 3.53. The molecule has 0 aliphatic heterocycles. The molecule has 4 rings (SSSR count). The fourth-order valence-corrected chi connectivity index (χ4v) is 3.15. The molecule has 0 saturated carbocycles. The van der Waals surface area contributed by atoms with Crippen LogP contribution >= 0.6 is 0 Å². The molecule has 0 aliphatic carbocycles. The number of amides is 1. The van der Waals surface area contributed by atoms with Crippen LogP contribution in [0.4, 0.5) is 5.69 Å². The molecule has 4 aromatic rings. The van der Waals surface area contributed by atoms with Gasteiger partial charge in [0, 0.05) is 18.1 Å². The van der Waals surface area contributed by atoms with Gasteiger partial charge in [-0.15, -0.1) is 5.10 Å². The van der Waals surface area contributed by atoms with Gasteiger partial charge in [0.15, 0.2) is 0 Å². The van der Waals surface area contributed by atoms with Gasteiger partial charge in [-0.25, -0.2) is 18.9 Å². The average Bonchev–Trinajstić information content (AvgIpc) is 3.03. The lowest BCUT2D eigenvalue weighted by atomic mass is 10.1. The van der Waals surface area contributed by atoms with Crippen molar-refractivity contribution in [1.82, 2.24) is 19.2 Å². The number of carbonyl (C=O) groups is 1. The van der Waals surface area contributed by atoms with Crippen molar-refractivity contribution in [3.63, 3.8) is 0 Å². The molecule has 0 unspecified atom stereocenters. The van der Waals surface area contributed by atoms with Crippen molar-refractivity contribution in [3.8, 4) is 11.6 Å². The van der Waals surface area contributed by atoms with Gasteiger partial charge in [-0.3, -0.25) is 4.79 Å². The summed E-state index contributed by atoms with van der Waals surface area (Å²) in [5, 5.41) is 7.13. The third-order valence-corrected chi connectivity index (χ3v) is 4.74. The van der Waals surface area contributed by atoms with E-state index in [1.54, 1.807) is 0 Å². The van der Waals surface area contributed by atoms with Crippen molar-refractivity contribution < 1.29 is 9.53 Å². The number of hydrogen-bond acceptors (Lipinski definition) is 5. The smallest absolute Gasteiger partial charge is 0.351 e. The van der Waals surface area contributed by atoms with Crippen LogP contribution < -0.4 is 15.7 Å². The minimum absolute atomic E-state index is 0.187. The molecule has 0 fully saturated rings. The number of anilines is 1. The highest BCUT2D eigenvalue weighted by Gasteiger charge is 2.16. The number of benzene rings is 2. The lowest BCUT2D eigenvalue weighted by Gasteiger charge is -2.10. The molecule has 2 aromatic carbocycles. The molecule has 0 saturated heterocycles. The number of ether oxygens (including phenoxy) is 1. The molecule has 0 bridgehead atoms. The SMILES string of the molecule is Cc1ccc(Oc2nccn3c(=O)n(CC(=O)Nc4c(C)cccc4C)nc23)cc1. The second-order valence-electron chi connectivity index (χ2n) is 7.10. The first-order valence-electron chi connectivity index (χ1n) is 9.47. The van der Waals surface area contributed by atoms with Gasteiger partial charge in [0.2, 0.25) is 11.6 Å². The first kappa shape index (κ1) is 19.4. The summed E-state index contributed by atoms with van der Waals surface area (Å²) in [5.74, 6) is 0.426. The van der Waals surface area contributed by atoms with Crippen molar-refractivity contribution in [2.75, 3.05) is 5.32 Å². The number of fused-ring (bicyclic) bond motifs is 1.